The van der Waals surface area contributed by atoms with Gasteiger partial charge in [-0.2, -0.15) is 0 Å². The third-order valence-corrected chi connectivity index (χ3v) is 8.41. The fraction of sp³-hybridized carbons (Fsp3) is 0.452. The zero-order valence-corrected chi connectivity index (χ0v) is 26.0. The number of nitrogens with zero attached hydrogens (tertiary/aromatic N) is 3. The highest BCUT2D eigenvalue weighted by molar-refractivity contribution is 7.84. The van der Waals surface area contributed by atoms with E-state index < -0.39 is 47.7 Å². The Kier molecular flexibility index (Phi) is 11.5. The first-order valence-corrected chi connectivity index (χ1v) is 16.1. The van der Waals surface area contributed by atoms with Crippen molar-refractivity contribution in [2.45, 2.75) is 51.6 Å². The molecule has 0 bridgehead atoms. The van der Waals surface area contributed by atoms with E-state index in [4.69, 9.17) is 14.2 Å². The number of aryl methyl sites for hydroxylation is 1. The van der Waals surface area contributed by atoms with E-state index in [1.807, 2.05) is 19.1 Å². The van der Waals surface area contributed by atoms with Crippen molar-refractivity contribution in [2.24, 2.45) is 11.8 Å². The van der Waals surface area contributed by atoms with Crippen molar-refractivity contribution in [1.29, 1.82) is 0 Å². The zero-order valence-electron chi connectivity index (χ0n) is 25.2. The topological polar surface area (TPSA) is 150 Å². The van der Waals surface area contributed by atoms with E-state index in [1.54, 1.807) is 25.3 Å². The van der Waals surface area contributed by atoms with E-state index in [-0.39, 0.29) is 29.7 Å². The van der Waals surface area contributed by atoms with Crippen molar-refractivity contribution in [1.82, 2.24) is 15.0 Å². The van der Waals surface area contributed by atoms with Crippen LogP contribution in [0.15, 0.2) is 48.8 Å². The van der Waals surface area contributed by atoms with Gasteiger partial charge in [0.05, 0.1) is 23.1 Å². The summed E-state index contributed by atoms with van der Waals surface area (Å²) in [5.74, 6) is -0.159. The Morgan fingerprint density at radius 2 is 1.82 bits per heavy atom. The first kappa shape index (κ1) is 33.8. The van der Waals surface area contributed by atoms with Gasteiger partial charge in [-0.05, 0) is 87.4 Å². The Labute approximate surface area is 262 Å². The molecule has 4 rings (SSSR count). The number of aromatic nitrogens is 3. The average Bonchev–Trinajstić information content (AvgIpc) is 3.01. The molecule has 2 atom stereocenters. The number of carbonyl (C=O) groups excluding carboxylic acids is 2. The van der Waals surface area contributed by atoms with Crippen molar-refractivity contribution >= 4 is 34.6 Å². The van der Waals surface area contributed by atoms with E-state index in [0.29, 0.717) is 48.5 Å². The van der Waals surface area contributed by atoms with Gasteiger partial charge < -0.3 is 24.6 Å². The van der Waals surface area contributed by atoms with Crippen LogP contribution in [0.4, 0.5) is 25.2 Å². The number of hydrogen-bond donors (Lipinski definition) is 2. The Morgan fingerprint density at radius 1 is 1.07 bits per heavy atom. The summed E-state index contributed by atoms with van der Waals surface area (Å²) in [6, 6.07) is 9.74. The fourth-order valence-corrected chi connectivity index (χ4v) is 5.46. The molecule has 0 aliphatic heterocycles. The monoisotopic (exact) mass is 646 g/mol. The predicted molar refractivity (Wildman–Crippen MR) is 162 cm³/mol. The van der Waals surface area contributed by atoms with Gasteiger partial charge in [-0.25, -0.2) is 23.5 Å². The molecule has 0 amide bonds. The lowest BCUT2D eigenvalue weighted by atomic mass is 9.73. The maximum Gasteiger partial charge on any atom is 0.511 e. The number of anilines is 2. The molecule has 45 heavy (non-hydrogen) atoms. The predicted octanol–water partition coefficient (Wildman–Crippen LogP) is 5.57. The molecular formula is C31H36F2N4O7S. The molecule has 1 aliphatic carbocycles. The minimum absolute atomic E-state index is 0.0563. The second-order valence-electron chi connectivity index (χ2n) is 11.0. The fourth-order valence-electron chi connectivity index (χ4n) is 5.14. The van der Waals surface area contributed by atoms with Crippen molar-refractivity contribution in [2.75, 3.05) is 30.7 Å². The van der Waals surface area contributed by atoms with Crippen LogP contribution in [0.5, 0.6) is 0 Å². The number of rotatable bonds is 12. The summed E-state index contributed by atoms with van der Waals surface area (Å²) in [5, 5.41) is 14.4. The summed E-state index contributed by atoms with van der Waals surface area (Å²) in [7, 11) is -1.10. The first-order valence-electron chi connectivity index (χ1n) is 14.4. The Balaban J connectivity index is 1.31. The lowest BCUT2D eigenvalue weighted by Crippen LogP contribution is -2.37. The second kappa shape index (κ2) is 15.3. The number of esters is 1. The van der Waals surface area contributed by atoms with Gasteiger partial charge in [0, 0.05) is 40.6 Å². The largest absolute Gasteiger partial charge is 0.511 e. The molecule has 242 valence electrons. The Morgan fingerprint density at radius 3 is 2.49 bits per heavy atom. The first-order chi connectivity index (χ1) is 21.4. The van der Waals surface area contributed by atoms with Crippen LogP contribution in [0, 0.1) is 18.8 Å². The van der Waals surface area contributed by atoms with Crippen LogP contribution in [-0.2, 0) is 35.4 Å². The summed E-state index contributed by atoms with van der Waals surface area (Å²) in [4.78, 5) is 37.2. The lowest BCUT2D eigenvalue weighted by molar-refractivity contribution is -0.160. The van der Waals surface area contributed by atoms with E-state index in [9.17, 15) is 27.7 Å². The van der Waals surface area contributed by atoms with Gasteiger partial charge in [0.25, 0.3) is 6.43 Å². The van der Waals surface area contributed by atoms with E-state index in [2.05, 4.69) is 20.3 Å². The maximum absolute atomic E-state index is 13.1. The summed E-state index contributed by atoms with van der Waals surface area (Å²) in [6.07, 6.45) is 2.90. The van der Waals surface area contributed by atoms with Crippen molar-refractivity contribution in [3.05, 3.63) is 65.6 Å². The smallest absolute Gasteiger partial charge is 0.433 e. The normalized spacial score (nSPS) is 18.5. The highest BCUT2D eigenvalue weighted by Gasteiger charge is 2.39. The minimum Gasteiger partial charge on any atom is -0.433 e. The number of hydrogen-bond acceptors (Lipinski definition) is 11. The van der Waals surface area contributed by atoms with Gasteiger partial charge in [-0.15, -0.1) is 0 Å². The maximum atomic E-state index is 13.1. The molecule has 0 spiro atoms. The number of nitrogens with one attached hydrogen (secondary N) is 1. The molecule has 1 saturated carbocycles. The number of halogens is 2. The molecule has 3 aromatic rings. The van der Waals surface area contributed by atoms with E-state index in [0.717, 1.165) is 5.56 Å². The summed E-state index contributed by atoms with van der Waals surface area (Å²) in [6.45, 7) is 2.97. The lowest BCUT2D eigenvalue weighted by Gasteiger charge is -2.37. The molecule has 0 aromatic carbocycles. The molecule has 11 nitrogen and oxygen atoms in total. The van der Waals surface area contributed by atoms with Gasteiger partial charge in [0.15, 0.2) is 0 Å². The summed E-state index contributed by atoms with van der Waals surface area (Å²) < 4.78 is 51.7. The van der Waals surface area contributed by atoms with Crippen molar-refractivity contribution in [3.63, 3.8) is 0 Å². The SMILES string of the molecule is Cc1cc(Nc2cc(C(F)F)ccn2)nc(-c2ccc([C@](C)(O)C3CCC(C(=O)OCOC(=O)OCCS(C)=O)CC3)nc2)c1. The van der Waals surface area contributed by atoms with Crippen LogP contribution in [0.3, 0.4) is 0 Å². The second-order valence-corrected chi connectivity index (χ2v) is 12.6. The van der Waals surface area contributed by atoms with Crippen LogP contribution in [0.2, 0.25) is 0 Å². The Bertz CT molecular complexity index is 1500. The van der Waals surface area contributed by atoms with Gasteiger partial charge in [-0.3, -0.25) is 14.0 Å². The van der Waals surface area contributed by atoms with Crippen LogP contribution >= 0.6 is 0 Å². The third kappa shape index (κ3) is 9.47. The van der Waals surface area contributed by atoms with E-state index >= 15 is 0 Å². The van der Waals surface area contributed by atoms with Crippen LogP contribution in [0.1, 0.15) is 55.9 Å². The van der Waals surface area contributed by atoms with Crippen molar-refractivity contribution < 1.29 is 41.9 Å². The standard InChI is InChI=1S/C31H36F2N4O7S/c1-19-14-24(36-27(15-19)37-26-16-21(28(32)33)10-11-34-26)22-6-9-25(35-17-22)31(2,40)23-7-4-20(5-8-23)29(38)43-18-44-30(39)42-12-13-45(3)41/h6,9-11,14-17,20,23,28,40H,4-5,7-8,12-13,18H2,1-3H3,(H,34,36,37)/t20?,23?,31-,45?/m1/s1. The highest BCUT2D eigenvalue weighted by Crippen LogP contribution is 2.41. The van der Waals surface area contributed by atoms with Gasteiger partial charge in [0.2, 0.25) is 6.79 Å². The molecule has 0 radical (unpaired) electrons. The minimum atomic E-state index is -2.61. The van der Waals surface area contributed by atoms with Gasteiger partial charge >= 0.3 is 12.1 Å². The molecule has 3 heterocycles. The third-order valence-electron chi connectivity index (χ3n) is 7.66. The number of ether oxygens (including phenoxy) is 3. The van der Waals surface area contributed by atoms with Crippen LogP contribution in [0.25, 0.3) is 11.3 Å². The van der Waals surface area contributed by atoms with Crippen molar-refractivity contribution in [3.8, 4) is 11.3 Å². The molecule has 0 saturated heterocycles. The molecule has 3 aromatic heterocycles. The van der Waals surface area contributed by atoms with Crippen LogP contribution < -0.4 is 5.32 Å². The highest BCUT2D eigenvalue weighted by atomic mass is 32.2. The number of pyridine rings is 3. The molecule has 1 fully saturated rings. The van der Waals surface area contributed by atoms with Gasteiger partial charge in [0.1, 0.15) is 23.8 Å². The molecule has 14 heteroatoms. The number of alkyl halides is 2. The van der Waals surface area contributed by atoms with Gasteiger partial charge in [-0.1, -0.05) is 0 Å². The molecule has 1 aliphatic rings. The summed E-state index contributed by atoms with van der Waals surface area (Å²) in [5.41, 5.74) is 1.28. The Hall–Kier alpha value is -4.04. The molecule has 1 unspecified atom stereocenters. The average molecular weight is 647 g/mol. The number of aliphatic hydroxyl groups is 1. The van der Waals surface area contributed by atoms with Crippen LogP contribution in [-0.4, -0.2) is 61.8 Å². The molecular weight excluding hydrogens is 610 g/mol. The molecule has 2 N–H and O–H groups in total. The van der Waals surface area contributed by atoms with E-state index in [1.165, 1.54) is 24.6 Å². The summed E-state index contributed by atoms with van der Waals surface area (Å²) >= 11 is 0. The zero-order chi connectivity index (χ0) is 32.6. The number of carbonyl (C=O) groups is 2. The quantitative estimate of drug-likeness (QED) is 0.188.